The standard InChI is InChI=1S/C20H25FN4O/c21-16-6-4-15(5-7-16)18-14-19(23-22-18)20(26)25-12-8-17(9-13-25)24-10-2-1-3-11-24/h4-7,14,17H,1-3,8-13H2,(H,22,23). The van der Waals surface area contributed by atoms with Gasteiger partial charge in [-0.25, -0.2) is 4.39 Å². The highest BCUT2D eigenvalue weighted by Crippen LogP contribution is 2.23. The van der Waals surface area contributed by atoms with Gasteiger partial charge in [0.1, 0.15) is 11.5 Å². The van der Waals surface area contributed by atoms with E-state index >= 15 is 0 Å². The molecule has 1 amide bonds. The summed E-state index contributed by atoms with van der Waals surface area (Å²) in [5.41, 5.74) is 1.96. The molecule has 2 aromatic rings. The molecule has 0 bridgehead atoms. The predicted octanol–water partition coefficient (Wildman–Crippen LogP) is 3.31. The highest BCUT2D eigenvalue weighted by atomic mass is 19.1. The summed E-state index contributed by atoms with van der Waals surface area (Å²) in [6, 6.07) is 8.52. The Bertz CT molecular complexity index is 743. The zero-order valence-corrected chi connectivity index (χ0v) is 15.0. The third-order valence-electron chi connectivity index (χ3n) is 5.61. The number of aromatic amines is 1. The van der Waals surface area contributed by atoms with E-state index in [-0.39, 0.29) is 11.7 Å². The summed E-state index contributed by atoms with van der Waals surface area (Å²) >= 11 is 0. The van der Waals surface area contributed by atoms with Crippen molar-refractivity contribution in [2.45, 2.75) is 38.1 Å². The summed E-state index contributed by atoms with van der Waals surface area (Å²) in [6.07, 6.45) is 6.05. The monoisotopic (exact) mass is 356 g/mol. The van der Waals surface area contributed by atoms with E-state index in [0.29, 0.717) is 17.4 Å². The molecule has 6 heteroatoms. The van der Waals surface area contributed by atoms with Crippen LogP contribution < -0.4 is 0 Å². The minimum Gasteiger partial charge on any atom is -0.337 e. The van der Waals surface area contributed by atoms with Crippen LogP contribution >= 0.6 is 0 Å². The van der Waals surface area contributed by atoms with Crippen molar-refractivity contribution >= 4 is 5.91 Å². The van der Waals surface area contributed by atoms with Gasteiger partial charge in [-0.1, -0.05) is 6.42 Å². The van der Waals surface area contributed by atoms with E-state index in [0.717, 1.165) is 31.5 Å². The molecule has 2 aliphatic rings. The Hall–Kier alpha value is -2.21. The van der Waals surface area contributed by atoms with Gasteiger partial charge in [0.05, 0.1) is 5.69 Å². The Balaban J connectivity index is 1.37. The van der Waals surface area contributed by atoms with E-state index < -0.39 is 0 Å². The van der Waals surface area contributed by atoms with Crippen molar-refractivity contribution in [3.05, 3.63) is 41.8 Å². The van der Waals surface area contributed by atoms with Crippen LogP contribution in [-0.2, 0) is 0 Å². The lowest BCUT2D eigenvalue weighted by Crippen LogP contribution is -2.48. The van der Waals surface area contributed by atoms with Gasteiger partial charge in [0.15, 0.2) is 0 Å². The van der Waals surface area contributed by atoms with Crippen LogP contribution in [0.1, 0.15) is 42.6 Å². The number of hydrogen-bond donors (Lipinski definition) is 1. The number of nitrogens with one attached hydrogen (secondary N) is 1. The summed E-state index contributed by atoms with van der Waals surface area (Å²) in [4.78, 5) is 17.3. The highest BCUT2D eigenvalue weighted by Gasteiger charge is 2.28. The third-order valence-corrected chi connectivity index (χ3v) is 5.61. The molecule has 3 heterocycles. The first kappa shape index (κ1) is 17.2. The number of likely N-dealkylation sites (tertiary alicyclic amines) is 2. The van der Waals surface area contributed by atoms with Gasteiger partial charge >= 0.3 is 0 Å². The van der Waals surface area contributed by atoms with Gasteiger partial charge in [0.25, 0.3) is 5.91 Å². The summed E-state index contributed by atoms with van der Waals surface area (Å²) < 4.78 is 13.1. The maximum absolute atomic E-state index is 13.1. The van der Waals surface area contributed by atoms with Crippen LogP contribution in [0.15, 0.2) is 30.3 Å². The molecule has 0 radical (unpaired) electrons. The quantitative estimate of drug-likeness (QED) is 0.918. The molecular formula is C20H25FN4O. The number of hydrogen-bond acceptors (Lipinski definition) is 3. The predicted molar refractivity (Wildman–Crippen MR) is 98.3 cm³/mol. The van der Waals surface area contributed by atoms with Gasteiger partial charge in [0.2, 0.25) is 0 Å². The third kappa shape index (κ3) is 3.65. The van der Waals surface area contributed by atoms with Crippen LogP contribution in [0, 0.1) is 5.82 Å². The lowest BCUT2D eigenvalue weighted by atomic mass is 9.99. The largest absolute Gasteiger partial charge is 0.337 e. The van der Waals surface area contributed by atoms with E-state index in [1.54, 1.807) is 18.2 Å². The summed E-state index contributed by atoms with van der Waals surface area (Å²) in [5.74, 6) is -0.278. The van der Waals surface area contributed by atoms with Crippen molar-refractivity contribution in [3.8, 4) is 11.3 Å². The molecule has 1 aromatic heterocycles. The molecule has 1 aromatic carbocycles. The lowest BCUT2D eigenvalue weighted by Gasteiger charge is -2.40. The Labute approximate surface area is 153 Å². The summed E-state index contributed by atoms with van der Waals surface area (Å²) in [7, 11) is 0. The number of H-pyrrole nitrogens is 1. The van der Waals surface area contributed by atoms with Gasteiger partial charge in [0, 0.05) is 24.7 Å². The fraction of sp³-hybridized carbons (Fsp3) is 0.500. The second kappa shape index (κ2) is 7.58. The van der Waals surface area contributed by atoms with Crippen molar-refractivity contribution < 1.29 is 9.18 Å². The van der Waals surface area contributed by atoms with Crippen LogP contribution in [0.25, 0.3) is 11.3 Å². The second-order valence-corrected chi connectivity index (χ2v) is 7.29. The van der Waals surface area contributed by atoms with Gasteiger partial charge < -0.3 is 9.80 Å². The Morgan fingerprint density at radius 1 is 1.04 bits per heavy atom. The highest BCUT2D eigenvalue weighted by molar-refractivity contribution is 5.93. The maximum Gasteiger partial charge on any atom is 0.271 e. The van der Waals surface area contributed by atoms with E-state index in [4.69, 9.17) is 0 Å². The first-order valence-electron chi connectivity index (χ1n) is 9.55. The van der Waals surface area contributed by atoms with Crippen LogP contribution in [0.3, 0.4) is 0 Å². The van der Waals surface area contributed by atoms with Crippen molar-refractivity contribution in [2.75, 3.05) is 26.2 Å². The van der Waals surface area contributed by atoms with Crippen molar-refractivity contribution in [1.29, 1.82) is 0 Å². The van der Waals surface area contributed by atoms with E-state index in [1.807, 2.05) is 4.90 Å². The number of carbonyl (C=O) groups is 1. The number of halogens is 1. The number of aromatic nitrogens is 2. The average molecular weight is 356 g/mol. The van der Waals surface area contributed by atoms with Gasteiger partial charge in [-0.3, -0.25) is 9.89 Å². The molecule has 0 unspecified atom stereocenters. The maximum atomic E-state index is 13.1. The van der Waals surface area contributed by atoms with Crippen molar-refractivity contribution in [1.82, 2.24) is 20.0 Å². The molecule has 0 spiro atoms. The number of amides is 1. The van der Waals surface area contributed by atoms with Crippen LogP contribution in [0.5, 0.6) is 0 Å². The summed E-state index contributed by atoms with van der Waals surface area (Å²) in [5, 5.41) is 7.06. The fourth-order valence-electron chi connectivity index (χ4n) is 4.09. The Morgan fingerprint density at radius 2 is 1.73 bits per heavy atom. The number of rotatable bonds is 3. The topological polar surface area (TPSA) is 52.2 Å². The second-order valence-electron chi connectivity index (χ2n) is 7.29. The average Bonchev–Trinajstić information content (AvgIpc) is 3.19. The molecular weight excluding hydrogens is 331 g/mol. The van der Waals surface area contributed by atoms with Crippen molar-refractivity contribution in [2.24, 2.45) is 0 Å². The Kier molecular flexibility index (Phi) is 5.02. The number of carbonyl (C=O) groups excluding carboxylic acids is 1. The zero-order chi connectivity index (χ0) is 17.9. The van der Waals surface area contributed by atoms with E-state index in [1.165, 1.54) is 44.5 Å². The molecule has 0 atom stereocenters. The zero-order valence-electron chi connectivity index (χ0n) is 15.0. The summed E-state index contributed by atoms with van der Waals surface area (Å²) in [6.45, 7) is 4.01. The molecule has 0 saturated carbocycles. The number of benzene rings is 1. The number of piperidine rings is 2. The SMILES string of the molecule is O=C(c1cc(-c2ccc(F)cc2)n[nH]1)N1CCC(N2CCCCC2)CC1. The van der Waals surface area contributed by atoms with Crippen LogP contribution in [0.2, 0.25) is 0 Å². The fourth-order valence-corrected chi connectivity index (χ4v) is 4.09. The van der Waals surface area contributed by atoms with Gasteiger partial charge in [-0.05, 0) is 69.1 Å². The minimum atomic E-state index is -0.280. The lowest BCUT2D eigenvalue weighted by molar-refractivity contribution is 0.0585. The van der Waals surface area contributed by atoms with E-state index in [2.05, 4.69) is 15.1 Å². The van der Waals surface area contributed by atoms with Crippen LogP contribution in [0.4, 0.5) is 4.39 Å². The Morgan fingerprint density at radius 3 is 2.42 bits per heavy atom. The molecule has 2 fully saturated rings. The first-order valence-corrected chi connectivity index (χ1v) is 9.55. The molecule has 1 N–H and O–H groups in total. The van der Waals surface area contributed by atoms with Gasteiger partial charge in [-0.2, -0.15) is 5.10 Å². The minimum absolute atomic E-state index is 0.00274. The normalized spacial score (nSPS) is 19.7. The van der Waals surface area contributed by atoms with Crippen molar-refractivity contribution in [3.63, 3.8) is 0 Å². The van der Waals surface area contributed by atoms with E-state index in [9.17, 15) is 9.18 Å². The van der Waals surface area contributed by atoms with Crippen LogP contribution in [-0.4, -0.2) is 58.1 Å². The molecule has 2 aliphatic heterocycles. The number of nitrogens with zero attached hydrogens (tertiary/aromatic N) is 3. The van der Waals surface area contributed by atoms with Gasteiger partial charge in [-0.15, -0.1) is 0 Å². The molecule has 26 heavy (non-hydrogen) atoms. The first-order chi connectivity index (χ1) is 12.7. The molecule has 5 nitrogen and oxygen atoms in total. The smallest absolute Gasteiger partial charge is 0.271 e. The molecule has 2 saturated heterocycles. The molecule has 4 rings (SSSR count). The molecule has 138 valence electrons. The molecule has 0 aliphatic carbocycles.